The normalized spacial score (nSPS) is 26.3. The van der Waals surface area contributed by atoms with Gasteiger partial charge in [-0.3, -0.25) is 4.57 Å². The van der Waals surface area contributed by atoms with E-state index >= 15 is 0 Å². The van der Waals surface area contributed by atoms with Crippen LogP contribution in [0.5, 0.6) is 0 Å². The number of aliphatic hydroxyl groups excluding tert-OH is 1. The van der Waals surface area contributed by atoms with Crippen molar-refractivity contribution in [1.29, 1.82) is 0 Å². The largest absolute Gasteiger partial charge is 0.479 e. The topological polar surface area (TPSA) is 140 Å². The van der Waals surface area contributed by atoms with Gasteiger partial charge >= 0.3 is 5.97 Å². The minimum Gasteiger partial charge on any atom is -0.479 e. The summed E-state index contributed by atoms with van der Waals surface area (Å²) in [6, 6.07) is 9.01. The smallest absolute Gasteiger partial charge is 0.333 e. The van der Waals surface area contributed by atoms with Gasteiger partial charge in [0.1, 0.15) is 17.7 Å². The molecule has 11 heteroatoms. The standard InChI is InChI=1S/C26H27ClN4O6/c1-2-26(35)19(13-36-18(24(33)34)12-16-6-4-3-5-7-16)37-23(21(26)32)31-14-28-20-17(11-10-15-8-9-15)29-25(27)30-22(20)31/h1,3-7,14-15,18-19,21,23,32,35H,8-13H2,(H,33,34)/t18?,19-,21+,23-,26-/m1/s1. The molecule has 0 radical (unpaired) electrons. The highest BCUT2D eigenvalue weighted by molar-refractivity contribution is 6.28. The molecular weight excluding hydrogens is 500 g/mol. The molecule has 3 N–H and O–H groups in total. The summed E-state index contributed by atoms with van der Waals surface area (Å²) in [4.78, 5) is 24.9. The maximum Gasteiger partial charge on any atom is 0.333 e. The molecule has 2 aromatic heterocycles. The van der Waals surface area contributed by atoms with Crippen LogP contribution < -0.4 is 0 Å². The summed E-state index contributed by atoms with van der Waals surface area (Å²) in [6.45, 7) is -0.368. The first-order valence-corrected chi connectivity index (χ1v) is 12.5. The van der Waals surface area contributed by atoms with Crippen molar-refractivity contribution >= 4 is 28.7 Å². The molecular formula is C26H27ClN4O6. The van der Waals surface area contributed by atoms with Crippen LogP contribution in [-0.2, 0) is 27.1 Å². The third-order valence-corrected chi connectivity index (χ3v) is 7.13. The molecule has 3 heterocycles. The Hall–Kier alpha value is -3.07. The summed E-state index contributed by atoms with van der Waals surface area (Å²) in [7, 11) is 0. The van der Waals surface area contributed by atoms with Crippen molar-refractivity contribution in [2.24, 2.45) is 5.92 Å². The number of halogens is 1. The van der Waals surface area contributed by atoms with E-state index in [0.29, 0.717) is 29.2 Å². The maximum atomic E-state index is 11.8. The van der Waals surface area contributed by atoms with Crippen molar-refractivity contribution in [2.75, 3.05) is 6.61 Å². The Balaban J connectivity index is 1.36. The summed E-state index contributed by atoms with van der Waals surface area (Å²) >= 11 is 6.20. The number of hydrogen-bond acceptors (Lipinski definition) is 8. The highest BCUT2D eigenvalue weighted by atomic mass is 35.5. The molecule has 2 aliphatic rings. The van der Waals surface area contributed by atoms with Crippen molar-refractivity contribution < 1.29 is 29.6 Å². The number of ether oxygens (including phenoxy) is 2. The average Bonchev–Trinajstić information content (AvgIpc) is 3.58. The molecule has 1 aliphatic carbocycles. The van der Waals surface area contributed by atoms with Crippen LogP contribution in [-0.4, -0.2) is 71.3 Å². The van der Waals surface area contributed by atoms with Crippen molar-refractivity contribution in [3.05, 3.63) is 53.2 Å². The number of aliphatic carboxylic acids is 1. The van der Waals surface area contributed by atoms with E-state index in [0.717, 1.165) is 12.0 Å². The second-order valence-electron chi connectivity index (χ2n) is 9.53. The zero-order chi connectivity index (χ0) is 26.2. The van der Waals surface area contributed by atoms with Crippen molar-refractivity contribution in [3.8, 4) is 12.3 Å². The lowest BCUT2D eigenvalue weighted by Gasteiger charge is -2.26. The molecule has 5 atom stereocenters. The van der Waals surface area contributed by atoms with E-state index in [1.807, 2.05) is 6.07 Å². The molecule has 2 fully saturated rings. The molecule has 10 nitrogen and oxygen atoms in total. The summed E-state index contributed by atoms with van der Waals surface area (Å²) in [5.74, 6) is 1.72. The molecule has 0 bridgehead atoms. The minimum atomic E-state index is -2.15. The average molecular weight is 527 g/mol. The minimum absolute atomic E-state index is 0.0323. The molecule has 5 rings (SSSR count). The first-order valence-electron chi connectivity index (χ1n) is 12.1. The molecule has 3 aromatic rings. The molecule has 0 spiro atoms. The van der Waals surface area contributed by atoms with Crippen molar-refractivity contribution in [1.82, 2.24) is 19.5 Å². The number of carboxylic acids is 1. The van der Waals surface area contributed by atoms with E-state index in [2.05, 4.69) is 20.9 Å². The van der Waals surface area contributed by atoms with Crippen LogP contribution in [0, 0.1) is 18.3 Å². The molecule has 1 saturated heterocycles. The Morgan fingerprint density at radius 1 is 1.32 bits per heavy atom. The predicted molar refractivity (Wildman–Crippen MR) is 133 cm³/mol. The number of benzene rings is 1. The highest BCUT2D eigenvalue weighted by Crippen LogP contribution is 2.39. The number of aryl methyl sites for hydroxylation is 1. The summed E-state index contributed by atoms with van der Waals surface area (Å²) in [5.41, 5.74) is 0.182. The Bertz CT molecular complexity index is 1320. The van der Waals surface area contributed by atoms with Gasteiger partial charge in [-0.2, -0.15) is 4.98 Å². The SMILES string of the molecule is C#C[C@@]1(O)[C@@H](COC(Cc2ccccc2)C(=O)O)O[C@@H](n2cnc3c(CCC4CC4)nc(Cl)nc32)[C@@H]1O. The number of hydrogen-bond donors (Lipinski definition) is 3. The maximum absolute atomic E-state index is 11.8. The van der Waals surface area contributed by atoms with Crippen LogP contribution in [0.3, 0.4) is 0 Å². The van der Waals surface area contributed by atoms with Gasteiger partial charge in [-0.05, 0) is 35.9 Å². The number of carboxylic acid groups (broad SMARTS) is 1. The van der Waals surface area contributed by atoms with Gasteiger partial charge in [-0.1, -0.05) is 49.1 Å². The molecule has 194 valence electrons. The predicted octanol–water partition coefficient (Wildman–Crippen LogP) is 2.16. The van der Waals surface area contributed by atoms with Gasteiger partial charge in [0.15, 0.2) is 23.6 Å². The van der Waals surface area contributed by atoms with E-state index < -0.39 is 36.1 Å². The van der Waals surface area contributed by atoms with Crippen LogP contribution in [0.4, 0.5) is 0 Å². The van der Waals surface area contributed by atoms with Gasteiger partial charge in [-0.25, -0.2) is 14.8 Å². The van der Waals surface area contributed by atoms with Crippen LogP contribution in [0.25, 0.3) is 11.2 Å². The first-order chi connectivity index (χ1) is 17.8. The molecule has 1 aromatic carbocycles. The number of aromatic nitrogens is 4. The number of terminal acetylenes is 1. The molecule has 1 unspecified atom stereocenters. The van der Waals surface area contributed by atoms with Crippen molar-refractivity contribution in [3.63, 3.8) is 0 Å². The van der Waals surface area contributed by atoms with Crippen LogP contribution in [0.1, 0.15) is 36.7 Å². The fraction of sp³-hybridized carbons (Fsp3) is 0.462. The number of rotatable bonds is 10. The number of aliphatic hydroxyl groups is 2. The molecule has 0 amide bonds. The highest BCUT2D eigenvalue weighted by Gasteiger charge is 2.56. The monoisotopic (exact) mass is 526 g/mol. The van der Waals surface area contributed by atoms with E-state index in [9.17, 15) is 20.1 Å². The van der Waals surface area contributed by atoms with Crippen LogP contribution >= 0.6 is 11.6 Å². The van der Waals surface area contributed by atoms with E-state index in [1.54, 1.807) is 24.3 Å². The van der Waals surface area contributed by atoms with Gasteiger partial charge in [0.25, 0.3) is 0 Å². The Morgan fingerprint density at radius 3 is 2.76 bits per heavy atom. The van der Waals surface area contributed by atoms with E-state index in [-0.39, 0.29) is 18.3 Å². The molecule has 1 saturated carbocycles. The number of carbonyl (C=O) groups is 1. The second-order valence-corrected chi connectivity index (χ2v) is 9.86. The third kappa shape index (κ3) is 5.19. The zero-order valence-corrected chi connectivity index (χ0v) is 20.7. The van der Waals surface area contributed by atoms with Gasteiger partial charge in [0.05, 0.1) is 18.6 Å². The van der Waals surface area contributed by atoms with Crippen molar-refractivity contribution in [2.45, 2.75) is 62.2 Å². The van der Waals surface area contributed by atoms with Gasteiger partial charge in [-0.15, -0.1) is 6.42 Å². The molecule has 37 heavy (non-hydrogen) atoms. The number of fused-ring (bicyclic) bond motifs is 1. The summed E-state index contributed by atoms with van der Waals surface area (Å²) in [6.07, 6.45) is 6.05. The van der Waals surface area contributed by atoms with E-state index in [4.69, 9.17) is 27.5 Å². The first kappa shape index (κ1) is 25.6. The second kappa shape index (κ2) is 10.4. The lowest BCUT2D eigenvalue weighted by Crippen LogP contribution is -2.48. The Labute approximate surface area is 218 Å². The lowest BCUT2D eigenvalue weighted by atomic mass is 9.93. The number of nitrogens with zero attached hydrogens (tertiary/aromatic N) is 4. The van der Waals surface area contributed by atoms with E-state index in [1.165, 1.54) is 23.7 Å². The fourth-order valence-corrected chi connectivity index (χ4v) is 4.80. The summed E-state index contributed by atoms with van der Waals surface area (Å²) < 4.78 is 13.0. The molecule has 1 aliphatic heterocycles. The zero-order valence-electron chi connectivity index (χ0n) is 19.9. The van der Waals surface area contributed by atoms with Gasteiger partial charge in [0.2, 0.25) is 5.28 Å². The quantitative estimate of drug-likeness (QED) is 0.268. The van der Waals surface area contributed by atoms with Crippen LogP contribution in [0.2, 0.25) is 5.28 Å². The Morgan fingerprint density at radius 2 is 2.08 bits per heavy atom. The van der Waals surface area contributed by atoms with Gasteiger partial charge in [0, 0.05) is 6.42 Å². The number of imidazole rings is 1. The van der Waals surface area contributed by atoms with Crippen LogP contribution in [0.15, 0.2) is 36.7 Å². The Kier molecular flexibility index (Phi) is 7.16. The van der Waals surface area contributed by atoms with Gasteiger partial charge < -0.3 is 24.8 Å². The third-order valence-electron chi connectivity index (χ3n) is 6.96. The summed E-state index contributed by atoms with van der Waals surface area (Å²) in [5, 5.41) is 31.8. The fourth-order valence-electron chi connectivity index (χ4n) is 4.62. The lowest BCUT2D eigenvalue weighted by molar-refractivity contribution is -0.156.